The number of alkyl halides is 3. The van der Waals surface area contributed by atoms with Gasteiger partial charge in [-0.3, -0.25) is 9.58 Å². The molecule has 2 unspecified atom stereocenters. The van der Waals surface area contributed by atoms with Gasteiger partial charge in [-0.15, -0.1) is 0 Å². The molecule has 7 nitrogen and oxygen atoms in total. The summed E-state index contributed by atoms with van der Waals surface area (Å²) < 4.78 is 64.6. The zero-order valence-electron chi connectivity index (χ0n) is 19.2. The maximum absolute atomic E-state index is 13.1. The molecule has 6 rings (SSSR count). The highest BCUT2D eigenvalue weighted by Crippen LogP contribution is 2.64. The minimum absolute atomic E-state index is 0.0109. The van der Waals surface area contributed by atoms with Crippen molar-refractivity contribution in [2.24, 2.45) is 17.3 Å². The Balaban J connectivity index is 1.17. The Bertz CT molecular complexity index is 1220. The molecule has 0 N–H and O–H groups in total. The molecule has 4 atom stereocenters. The largest absolute Gasteiger partial charge is 0.451 e. The van der Waals surface area contributed by atoms with Gasteiger partial charge in [0.2, 0.25) is 5.82 Å². The first-order valence-electron chi connectivity index (χ1n) is 11.9. The summed E-state index contributed by atoms with van der Waals surface area (Å²) in [6.45, 7) is 5.93. The Morgan fingerprint density at radius 3 is 2.47 bits per heavy atom. The predicted molar refractivity (Wildman–Crippen MR) is 119 cm³/mol. The number of nitrogens with zero attached hydrogens (tertiary/aromatic N) is 5. The second-order valence-corrected chi connectivity index (χ2v) is 13.1. The monoisotopic (exact) mass is 495 g/mol. The third kappa shape index (κ3) is 3.66. The quantitative estimate of drug-likeness (QED) is 0.645. The lowest BCUT2D eigenvalue weighted by atomic mass is 9.91. The average Bonchev–Trinajstić information content (AvgIpc) is 3.18. The van der Waals surface area contributed by atoms with Crippen molar-refractivity contribution in [2.75, 3.05) is 24.6 Å². The second kappa shape index (κ2) is 7.25. The van der Waals surface area contributed by atoms with E-state index < -0.39 is 21.8 Å². The first-order chi connectivity index (χ1) is 15.9. The Hall–Kier alpha value is -2.01. The number of sulfone groups is 1. The van der Waals surface area contributed by atoms with Gasteiger partial charge in [-0.1, -0.05) is 0 Å². The van der Waals surface area contributed by atoms with Crippen molar-refractivity contribution in [3.63, 3.8) is 0 Å². The van der Waals surface area contributed by atoms with Crippen LogP contribution in [0.4, 0.5) is 13.2 Å². The summed E-state index contributed by atoms with van der Waals surface area (Å²) in [5.41, 5.74) is 1.70. The normalized spacial score (nSPS) is 31.7. The molecule has 2 saturated heterocycles. The highest BCUT2D eigenvalue weighted by Gasteiger charge is 2.60. The zero-order valence-corrected chi connectivity index (χ0v) is 20.0. The second-order valence-electron chi connectivity index (χ2n) is 11.0. The van der Waals surface area contributed by atoms with Crippen LogP contribution in [-0.2, 0) is 16.0 Å². The topological polar surface area (TPSA) is 81.0 Å². The molecule has 1 spiro atoms. The van der Waals surface area contributed by atoms with E-state index in [1.807, 2.05) is 24.6 Å². The predicted octanol–water partition coefficient (Wildman–Crippen LogP) is 3.55. The SMILES string of the molecule is CC(C)n1nc(-c2ccnc(C(F)(F)F)n2)cc1C1[C@H]2CC(N3CCC4(C3)CS(=O)(=O)C4)C[C@@H]12. The van der Waals surface area contributed by atoms with Crippen LogP contribution < -0.4 is 0 Å². The van der Waals surface area contributed by atoms with Crippen LogP contribution in [-0.4, -0.2) is 63.7 Å². The van der Waals surface area contributed by atoms with Gasteiger partial charge in [-0.2, -0.15) is 18.3 Å². The summed E-state index contributed by atoms with van der Waals surface area (Å²) >= 11 is 0. The molecule has 4 aliphatic rings. The van der Waals surface area contributed by atoms with Crippen LogP contribution in [0.15, 0.2) is 18.3 Å². The van der Waals surface area contributed by atoms with Gasteiger partial charge in [0, 0.05) is 41.9 Å². The zero-order chi connectivity index (χ0) is 24.0. The highest BCUT2D eigenvalue weighted by atomic mass is 32.2. The Morgan fingerprint density at radius 1 is 1.15 bits per heavy atom. The van der Waals surface area contributed by atoms with E-state index in [1.165, 1.54) is 6.07 Å². The van der Waals surface area contributed by atoms with Crippen molar-refractivity contribution >= 4 is 9.84 Å². The maximum Gasteiger partial charge on any atom is 0.451 e. The molecule has 4 fully saturated rings. The molecule has 0 bridgehead atoms. The number of hydrogen-bond donors (Lipinski definition) is 0. The van der Waals surface area contributed by atoms with Crippen molar-refractivity contribution in [1.82, 2.24) is 24.6 Å². The van der Waals surface area contributed by atoms with Crippen LogP contribution >= 0.6 is 0 Å². The fourth-order valence-electron chi connectivity index (χ4n) is 6.79. The molecule has 184 valence electrons. The number of rotatable bonds is 4. The van der Waals surface area contributed by atoms with Gasteiger partial charge < -0.3 is 0 Å². The minimum Gasteiger partial charge on any atom is -0.300 e. The maximum atomic E-state index is 13.1. The van der Waals surface area contributed by atoms with E-state index in [2.05, 4.69) is 20.0 Å². The van der Waals surface area contributed by atoms with E-state index in [4.69, 9.17) is 0 Å². The number of likely N-dealkylation sites (tertiary alicyclic amines) is 1. The van der Waals surface area contributed by atoms with E-state index in [1.54, 1.807) is 0 Å². The minimum atomic E-state index is -4.60. The average molecular weight is 496 g/mol. The molecule has 0 amide bonds. The van der Waals surface area contributed by atoms with Crippen molar-refractivity contribution in [1.29, 1.82) is 0 Å². The molecule has 0 radical (unpaired) electrons. The summed E-state index contributed by atoms with van der Waals surface area (Å²) in [5, 5.41) is 4.63. The van der Waals surface area contributed by atoms with E-state index in [0.717, 1.165) is 44.2 Å². The Morgan fingerprint density at radius 2 is 1.85 bits per heavy atom. The third-order valence-corrected chi connectivity index (χ3v) is 10.3. The van der Waals surface area contributed by atoms with Crippen LogP contribution in [0.25, 0.3) is 11.4 Å². The Labute approximate surface area is 196 Å². The van der Waals surface area contributed by atoms with E-state index in [-0.39, 0.29) is 17.2 Å². The lowest BCUT2D eigenvalue weighted by molar-refractivity contribution is -0.144. The summed E-state index contributed by atoms with van der Waals surface area (Å²) in [5.74, 6) is 0.987. The van der Waals surface area contributed by atoms with Gasteiger partial charge in [0.1, 0.15) is 5.69 Å². The lowest BCUT2D eigenvalue weighted by Crippen LogP contribution is -2.50. The van der Waals surface area contributed by atoms with E-state index in [9.17, 15) is 21.6 Å². The molecule has 2 aromatic heterocycles. The molecule has 11 heteroatoms. The molecule has 2 aliphatic carbocycles. The molecule has 2 saturated carbocycles. The molecule has 4 heterocycles. The van der Waals surface area contributed by atoms with Crippen LogP contribution in [0.3, 0.4) is 0 Å². The van der Waals surface area contributed by atoms with Crippen LogP contribution in [0, 0.1) is 17.3 Å². The van der Waals surface area contributed by atoms with E-state index >= 15 is 0 Å². The number of halogens is 3. The van der Waals surface area contributed by atoms with Gasteiger partial charge in [-0.05, 0) is 63.6 Å². The summed E-state index contributed by atoms with van der Waals surface area (Å²) in [6.07, 6.45) is -0.319. The summed E-state index contributed by atoms with van der Waals surface area (Å²) in [4.78, 5) is 9.58. The van der Waals surface area contributed by atoms with Gasteiger partial charge >= 0.3 is 6.18 Å². The highest BCUT2D eigenvalue weighted by molar-refractivity contribution is 7.92. The molecular weight excluding hydrogens is 467 g/mol. The lowest BCUT2D eigenvalue weighted by Gasteiger charge is -2.38. The van der Waals surface area contributed by atoms with E-state index in [0.29, 0.717) is 41.0 Å². The van der Waals surface area contributed by atoms with Crippen LogP contribution in [0.5, 0.6) is 0 Å². The number of hydrogen-bond acceptors (Lipinski definition) is 6. The summed E-state index contributed by atoms with van der Waals surface area (Å²) in [6, 6.07) is 3.97. The first-order valence-corrected chi connectivity index (χ1v) is 13.7. The molecule has 2 aliphatic heterocycles. The van der Waals surface area contributed by atoms with Gasteiger partial charge in [0.15, 0.2) is 9.84 Å². The van der Waals surface area contributed by atoms with Crippen LogP contribution in [0.2, 0.25) is 0 Å². The van der Waals surface area contributed by atoms with Crippen molar-refractivity contribution in [3.05, 3.63) is 29.8 Å². The fraction of sp³-hybridized carbons (Fsp3) is 0.696. The summed E-state index contributed by atoms with van der Waals surface area (Å²) in [7, 11) is -2.82. The molecular formula is C23H28F3N5O2S. The van der Waals surface area contributed by atoms with Gasteiger partial charge in [0.25, 0.3) is 0 Å². The van der Waals surface area contributed by atoms with Gasteiger partial charge in [-0.25, -0.2) is 18.4 Å². The standard InChI is InChI=1S/C23H28F3N5O2S/c1-13(2)31-19(9-18(29-31)17-3-5-27-21(28-17)23(24,25)26)20-15-7-14(8-16(15)20)30-6-4-22(10-30)11-34(32,33)12-22/h3,5,9,13-16,20H,4,6-8,10-12H2,1-2H3/t14?,15-,16+,20?. The smallest absolute Gasteiger partial charge is 0.300 e. The Kier molecular flexibility index (Phi) is 4.79. The first kappa shape index (κ1) is 22.5. The van der Waals surface area contributed by atoms with Crippen molar-refractivity contribution in [2.45, 2.75) is 57.3 Å². The molecule has 2 aromatic rings. The third-order valence-electron chi connectivity index (χ3n) is 8.22. The van der Waals surface area contributed by atoms with Crippen molar-refractivity contribution in [3.8, 4) is 11.4 Å². The van der Waals surface area contributed by atoms with Crippen LogP contribution in [0.1, 0.15) is 56.6 Å². The number of fused-ring (bicyclic) bond motifs is 1. The fourth-order valence-corrected chi connectivity index (χ4v) is 9.04. The molecule has 34 heavy (non-hydrogen) atoms. The van der Waals surface area contributed by atoms with Crippen molar-refractivity contribution < 1.29 is 21.6 Å². The van der Waals surface area contributed by atoms with Gasteiger partial charge in [0.05, 0.1) is 17.2 Å². The molecule has 0 aromatic carbocycles. The number of aromatic nitrogens is 4.